The van der Waals surface area contributed by atoms with Crippen LogP contribution in [-0.4, -0.2) is 13.7 Å². The van der Waals surface area contributed by atoms with Gasteiger partial charge in [0.05, 0.1) is 6.61 Å². The Kier molecular flexibility index (Phi) is 3.33. The molecule has 0 bridgehead atoms. The van der Waals surface area contributed by atoms with E-state index in [0.29, 0.717) is 10.8 Å². The molecule has 116 valence electrons. The molecule has 0 aromatic rings. The van der Waals surface area contributed by atoms with E-state index in [-0.39, 0.29) is 0 Å². The molecule has 0 N–H and O–H groups in total. The van der Waals surface area contributed by atoms with Gasteiger partial charge in [0.15, 0.2) is 0 Å². The van der Waals surface area contributed by atoms with Crippen molar-refractivity contribution in [2.75, 3.05) is 13.7 Å². The van der Waals surface area contributed by atoms with Crippen LogP contribution < -0.4 is 0 Å². The lowest BCUT2D eigenvalue weighted by Crippen LogP contribution is -2.49. The summed E-state index contributed by atoms with van der Waals surface area (Å²) in [4.78, 5) is 0. The lowest BCUT2D eigenvalue weighted by Gasteiger charge is -2.56. The number of rotatable bonds is 2. The van der Waals surface area contributed by atoms with Gasteiger partial charge in [-0.05, 0) is 79.1 Å². The number of hydrogen-bond donors (Lipinski definition) is 0. The smallest absolute Gasteiger partial charge is 0.0521 e. The SMILES string of the molecule is COC[C@@]12CCC[C@H]1[C@@H]1CC=C3C=CCC[C@]3(C)[C@H]1CC2. The Hall–Kier alpha value is -0.560. The zero-order valence-corrected chi connectivity index (χ0v) is 13.7. The second kappa shape index (κ2) is 4.98. The molecule has 0 aromatic heterocycles. The maximum absolute atomic E-state index is 5.67. The fourth-order valence-corrected chi connectivity index (χ4v) is 6.63. The molecule has 0 spiro atoms. The third kappa shape index (κ3) is 1.92. The first-order valence-corrected chi connectivity index (χ1v) is 9.06. The summed E-state index contributed by atoms with van der Waals surface area (Å²) in [5.41, 5.74) is 2.66. The summed E-state index contributed by atoms with van der Waals surface area (Å²) in [7, 11) is 1.91. The minimum Gasteiger partial charge on any atom is -0.384 e. The van der Waals surface area contributed by atoms with Gasteiger partial charge >= 0.3 is 0 Å². The summed E-state index contributed by atoms with van der Waals surface area (Å²) in [6, 6.07) is 0. The number of hydrogen-bond acceptors (Lipinski definition) is 1. The molecular formula is C20H30O. The number of methoxy groups -OCH3 is 1. The molecule has 4 aliphatic carbocycles. The zero-order chi connectivity index (χ0) is 14.5. The summed E-state index contributed by atoms with van der Waals surface area (Å²) in [6.45, 7) is 3.57. The number of ether oxygens (including phenoxy) is 1. The van der Waals surface area contributed by atoms with Gasteiger partial charge in [-0.3, -0.25) is 0 Å². The molecule has 0 aromatic carbocycles. The Morgan fingerprint density at radius 1 is 1.19 bits per heavy atom. The van der Waals surface area contributed by atoms with Gasteiger partial charge in [-0.2, -0.15) is 0 Å². The third-order valence-corrected chi connectivity index (χ3v) is 7.61. The normalized spacial score (nSPS) is 48.3. The first-order valence-electron chi connectivity index (χ1n) is 9.06. The van der Waals surface area contributed by atoms with Gasteiger partial charge in [-0.15, -0.1) is 0 Å². The predicted octanol–water partition coefficient (Wildman–Crippen LogP) is 5.13. The van der Waals surface area contributed by atoms with Gasteiger partial charge < -0.3 is 4.74 Å². The summed E-state index contributed by atoms with van der Waals surface area (Å²) >= 11 is 0. The monoisotopic (exact) mass is 286 g/mol. The van der Waals surface area contributed by atoms with Crippen LogP contribution in [0.5, 0.6) is 0 Å². The van der Waals surface area contributed by atoms with Crippen LogP contribution in [0.2, 0.25) is 0 Å². The van der Waals surface area contributed by atoms with Crippen molar-refractivity contribution in [1.82, 2.24) is 0 Å². The summed E-state index contributed by atoms with van der Waals surface area (Å²) in [5, 5.41) is 0. The molecule has 0 aliphatic heterocycles. The summed E-state index contributed by atoms with van der Waals surface area (Å²) < 4.78 is 5.67. The average Bonchev–Trinajstić information content (AvgIpc) is 2.91. The minimum absolute atomic E-state index is 0.472. The Labute approximate surface area is 129 Å². The van der Waals surface area contributed by atoms with E-state index in [1.807, 2.05) is 7.11 Å². The standard InChI is InChI=1S/C20H30O/c1-19-11-4-3-6-15(19)8-9-16-17(19)10-13-20(14-21-2)12-5-7-18(16)20/h3,6,8,16-18H,4-5,7,9-14H2,1-2H3/t16-,17+,18+,19+,20+/m1/s1. The van der Waals surface area contributed by atoms with Crippen LogP contribution in [0, 0.1) is 28.6 Å². The zero-order valence-electron chi connectivity index (χ0n) is 13.7. The quantitative estimate of drug-likeness (QED) is 0.683. The molecule has 0 amide bonds. The van der Waals surface area contributed by atoms with Gasteiger partial charge in [0, 0.05) is 7.11 Å². The van der Waals surface area contributed by atoms with Crippen molar-refractivity contribution in [2.24, 2.45) is 28.6 Å². The largest absolute Gasteiger partial charge is 0.384 e. The Bertz CT molecular complexity index is 476. The maximum atomic E-state index is 5.67. The molecular weight excluding hydrogens is 256 g/mol. The molecule has 1 heteroatoms. The molecule has 5 atom stereocenters. The van der Waals surface area contributed by atoms with Crippen molar-refractivity contribution in [1.29, 1.82) is 0 Å². The molecule has 1 nitrogen and oxygen atoms in total. The molecule has 2 fully saturated rings. The first-order chi connectivity index (χ1) is 10.2. The van der Waals surface area contributed by atoms with E-state index in [9.17, 15) is 0 Å². The number of fused-ring (bicyclic) bond motifs is 5. The van der Waals surface area contributed by atoms with E-state index in [2.05, 4.69) is 25.2 Å². The van der Waals surface area contributed by atoms with Crippen LogP contribution in [0.1, 0.15) is 58.3 Å². The highest BCUT2D eigenvalue weighted by Gasteiger charge is 2.56. The Morgan fingerprint density at radius 2 is 2.10 bits per heavy atom. The molecule has 0 radical (unpaired) electrons. The third-order valence-electron chi connectivity index (χ3n) is 7.61. The van der Waals surface area contributed by atoms with E-state index >= 15 is 0 Å². The van der Waals surface area contributed by atoms with Crippen LogP contribution in [-0.2, 0) is 4.74 Å². The highest BCUT2D eigenvalue weighted by atomic mass is 16.5. The van der Waals surface area contributed by atoms with Crippen LogP contribution in [0.3, 0.4) is 0 Å². The van der Waals surface area contributed by atoms with Crippen LogP contribution in [0.15, 0.2) is 23.8 Å². The topological polar surface area (TPSA) is 9.23 Å². The predicted molar refractivity (Wildman–Crippen MR) is 87.0 cm³/mol. The fourth-order valence-electron chi connectivity index (χ4n) is 6.63. The van der Waals surface area contributed by atoms with Crippen LogP contribution in [0.25, 0.3) is 0 Å². The maximum Gasteiger partial charge on any atom is 0.0521 e. The summed E-state index contributed by atoms with van der Waals surface area (Å²) in [5.74, 6) is 2.78. The first kappa shape index (κ1) is 14.1. The molecule has 0 saturated heterocycles. The Balaban J connectivity index is 1.68. The van der Waals surface area contributed by atoms with Crippen LogP contribution in [0.4, 0.5) is 0 Å². The highest BCUT2D eigenvalue weighted by molar-refractivity contribution is 5.33. The molecule has 4 aliphatic rings. The average molecular weight is 286 g/mol. The van der Waals surface area contributed by atoms with Crippen molar-refractivity contribution < 1.29 is 4.74 Å². The summed E-state index contributed by atoms with van der Waals surface area (Å²) in [6.07, 6.45) is 18.6. The van der Waals surface area contributed by atoms with Crippen LogP contribution >= 0.6 is 0 Å². The fraction of sp³-hybridized carbons (Fsp3) is 0.800. The van der Waals surface area contributed by atoms with Crippen molar-refractivity contribution in [2.45, 2.75) is 58.3 Å². The molecule has 0 heterocycles. The second-order valence-electron chi connectivity index (χ2n) is 8.36. The lowest BCUT2D eigenvalue weighted by atomic mass is 9.49. The molecule has 4 rings (SSSR count). The van der Waals surface area contributed by atoms with E-state index < -0.39 is 0 Å². The van der Waals surface area contributed by atoms with E-state index in [4.69, 9.17) is 4.74 Å². The van der Waals surface area contributed by atoms with E-state index in [1.165, 1.54) is 51.4 Å². The number of allylic oxidation sites excluding steroid dienone is 4. The van der Waals surface area contributed by atoms with Gasteiger partial charge in [-0.1, -0.05) is 31.6 Å². The van der Waals surface area contributed by atoms with Crippen molar-refractivity contribution in [3.05, 3.63) is 23.8 Å². The van der Waals surface area contributed by atoms with E-state index in [1.54, 1.807) is 5.57 Å². The van der Waals surface area contributed by atoms with Crippen molar-refractivity contribution >= 4 is 0 Å². The Morgan fingerprint density at radius 3 is 2.95 bits per heavy atom. The highest BCUT2D eigenvalue weighted by Crippen LogP contribution is 2.64. The lowest BCUT2D eigenvalue weighted by molar-refractivity contribution is -0.0617. The van der Waals surface area contributed by atoms with Gasteiger partial charge in [0.25, 0.3) is 0 Å². The van der Waals surface area contributed by atoms with Gasteiger partial charge in [0.2, 0.25) is 0 Å². The molecule has 0 unspecified atom stereocenters. The van der Waals surface area contributed by atoms with E-state index in [0.717, 1.165) is 24.4 Å². The minimum atomic E-state index is 0.472. The second-order valence-corrected chi connectivity index (χ2v) is 8.36. The van der Waals surface area contributed by atoms with Crippen molar-refractivity contribution in [3.8, 4) is 0 Å². The molecule has 21 heavy (non-hydrogen) atoms. The molecule has 2 saturated carbocycles. The van der Waals surface area contributed by atoms with Gasteiger partial charge in [0.1, 0.15) is 0 Å². The van der Waals surface area contributed by atoms with Gasteiger partial charge in [-0.25, -0.2) is 0 Å². The van der Waals surface area contributed by atoms with Crippen molar-refractivity contribution in [3.63, 3.8) is 0 Å².